The second-order valence-electron chi connectivity index (χ2n) is 5.57. The van der Waals surface area contributed by atoms with Gasteiger partial charge in [0.1, 0.15) is 5.82 Å². The molecule has 0 atom stereocenters. The number of rotatable bonds is 8. The van der Waals surface area contributed by atoms with Gasteiger partial charge in [0.2, 0.25) is 5.95 Å². The molecule has 0 saturated heterocycles. The molecule has 0 fully saturated rings. The number of amides is 1. The van der Waals surface area contributed by atoms with Gasteiger partial charge in [-0.3, -0.25) is 4.79 Å². The Kier molecular flexibility index (Phi) is 6.66. The molecule has 128 valence electrons. The van der Waals surface area contributed by atoms with Gasteiger partial charge in [0.25, 0.3) is 5.91 Å². The average Bonchev–Trinajstić information content (AvgIpc) is 2.61. The Balaban J connectivity index is 1.96. The molecule has 0 bridgehead atoms. The lowest BCUT2D eigenvalue weighted by molar-refractivity contribution is 0.0754. The van der Waals surface area contributed by atoms with E-state index in [0.29, 0.717) is 18.1 Å². The van der Waals surface area contributed by atoms with Crippen LogP contribution in [0.15, 0.2) is 36.7 Å². The molecule has 2 aromatic rings. The maximum Gasteiger partial charge on any atom is 0.256 e. The number of anilines is 1. The first-order chi connectivity index (χ1) is 11.6. The fraction of sp³-hybridized carbons (Fsp3) is 0.389. The van der Waals surface area contributed by atoms with E-state index in [0.717, 1.165) is 31.5 Å². The second-order valence-corrected chi connectivity index (χ2v) is 5.57. The lowest BCUT2D eigenvalue weighted by atomic mass is 10.2. The number of hydrogen-bond acceptors (Lipinski definition) is 4. The highest BCUT2D eigenvalue weighted by Gasteiger charge is 2.15. The quantitative estimate of drug-likeness (QED) is 0.805. The minimum atomic E-state index is -0.262. The topological polar surface area (TPSA) is 58.1 Å². The van der Waals surface area contributed by atoms with Crippen molar-refractivity contribution in [2.75, 3.05) is 18.4 Å². The van der Waals surface area contributed by atoms with Crippen molar-refractivity contribution < 1.29 is 9.18 Å². The zero-order valence-electron chi connectivity index (χ0n) is 14.1. The summed E-state index contributed by atoms with van der Waals surface area (Å²) in [7, 11) is 0. The van der Waals surface area contributed by atoms with Crippen molar-refractivity contribution in [3.8, 4) is 0 Å². The molecular weight excluding hydrogens is 307 g/mol. The molecule has 1 aromatic heterocycles. The van der Waals surface area contributed by atoms with Crippen molar-refractivity contribution in [1.82, 2.24) is 14.9 Å². The zero-order valence-corrected chi connectivity index (χ0v) is 14.1. The van der Waals surface area contributed by atoms with E-state index in [2.05, 4.69) is 29.1 Å². The van der Waals surface area contributed by atoms with E-state index in [-0.39, 0.29) is 11.7 Å². The van der Waals surface area contributed by atoms with Gasteiger partial charge in [0.15, 0.2) is 0 Å². The van der Waals surface area contributed by atoms with Crippen LogP contribution in [0.1, 0.15) is 42.6 Å². The molecule has 5 nitrogen and oxygen atoms in total. The van der Waals surface area contributed by atoms with Crippen LogP contribution >= 0.6 is 0 Å². The maximum atomic E-state index is 12.9. The van der Waals surface area contributed by atoms with Crippen LogP contribution in [-0.4, -0.2) is 33.9 Å². The largest absolute Gasteiger partial charge is 0.350 e. The SMILES string of the molecule is CCCN(CCC)C(=O)c1cnc(NCc2ccc(F)cc2)nc1. The first kappa shape index (κ1) is 17.8. The normalized spacial score (nSPS) is 10.5. The molecule has 0 aliphatic carbocycles. The Hall–Kier alpha value is -2.50. The smallest absolute Gasteiger partial charge is 0.256 e. The van der Waals surface area contributed by atoms with Gasteiger partial charge in [-0.05, 0) is 30.5 Å². The third-order valence-electron chi connectivity index (χ3n) is 3.54. The summed E-state index contributed by atoms with van der Waals surface area (Å²) >= 11 is 0. The van der Waals surface area contributed by atoms with Crippen molar-refractivity contribution in [2.45, 2.75) is 33.2 Å². The molecule has 1 amide bonds. The number of carbonyl (C=O) groups excluding carboxylic acids is 1. The number of hydrogen-bond donors (Lipinski definition) is 1. The van der Waals surface area contributed by atoms with Crippen LogP contribution in [0.4, 0.5) is 10.3 Å². The Morgan fingerprint density at radius 1 is 1.08 bits per heavy atom. The first-order valence-electron chi connectivity index (χ1n) is 8.23. The molecule has 2 rings (SSSR count). The number of carbonyl (C=O) groups is 1. The summed E-state index contributed by atoms with van der Waals surface area (Å²) in [5, 5.41) is 3.06. The van der Waals surface area contributed by atoms with E-state index < -0.39 is 0 Å². The summed E-state index contributed by atoms with van der Waals surface area (Å²) < 4.78 is 12.9. The van der Waals surface area contributed by atoms with E-state index in [4.69, 9.17) is 0 Å². The van der Waals surface area contributed by atoms with E-state index in [1.165, 1.54) is 12.1 Å². The third kappa shape index (κ3) is 5.01. The van der Waals surface area contributed by atoms with Gasteiger partial charge < -0.3 is 10.2 Å². The van der Waals surface area contributed by atoms with E-state index in [1.54, 1.807) is 24.5 Å². The Morgan fingerprint density at radius 2 is 1.67 bits per heavy atom. The summed E-state index contributed by atoms with van der Waals surface area (Å²) in [5.41, 5.74) is 1.42. The van der Waals surface area contributed by atoms with Gasteiger partial charge in [0, 0.05) is 32.0 Å². The monoisotopic (exact) mass is 330 g/mol. The Morgan fingerprint density at radius 3 is 2.21 bits per heavy atom. The molecule has 6 heteroatoms. The lowest BCUT2D eigenvalue weighted by Crippen LogP contribution is -2.32. The predicted octanol–water partition coefficient (Wildman–Crippen LogP) is 3.49. The highest BCUT2D eigenvalue weighted by atomic mass is 19.1. The van der Waals surface area contributed by atoms with E-state index in [9.17, 15) is 9.18 Å². The lowest BCUT2D eigenvalue weighted by Gasteiger charge is -2.21. The number of benzene rings is 1. The van der Waals surface area contributed by atoms with Crippen molar-refractivity contribution in [1.29, 1.82) is 0 Å². The molecule has 0 aliphatic rings. The predicted molar refractivity (Wildman–Crippen MR) is 92.2 cm³/mol. The minimum Gasteiger partial charge on any atom is -0.350 e. The summed E-state index contributed by atoms with van der Waals surface area (Å²) in [4.78, 5) is 22.6. The van der Waals surface area contributed by atoms with Crippen LogP contribution in [0, 0.1) is 5.82 Å². The summed E-state index contributed by atoms with van der Waals surface area (Å²) in [6.45, 7) is 6.06. The molecule has 0 radical (unpaired) electrons. The van der Waals surface area contributed by atoms with E-state index in [1.807, 2.05) is 4.90 Å². The van der Waals surface area contributed by atoms with Gasteiger partial charge >= 0.3 is 0 Å². The highest BCUT2D eigenvalue weighted by Crippen LogP contribution is 2.08. The molecule has 1 aromatic carbocycles. The highest BCUT2D eigenvalue weighted by molar-refractivity contribution is 5.93. The van der Waals surface area contributed by atoms with Crippen molar-refractivity contribution in [3.63, 3.8) is 0 Å². The van der Waals surface area contributed by atoms with Gasteiger partial charge in [-0.2, -0.15) is 0 Å². The summed E-state index contributed by atoms with van der Waals surface area (Å²) in [6, 6.07) is 6.23. The molecule has 0 aliphatic heterocycles. The Bertz CT molecular complexity index is 637. The number of aromatic nitrogens is 2. The third-order valence-corrected chi connectivity index (χ3v) is 3.54. The number of halogens is 1. The van der Waals surface area contributed by atoms with Gasteiger partial charge in [-0.15, -0.1) is 0 Å². The molecular formula is C18H23FN4O. The molecule has 0 unspecified atom stereocenters. The maximum absolute atomic E-state index is 12.9. The van der Waals surface area contributed by atoms with Crippen LogP contribution in [0.25, 0.3) is 0 Å². The van der Waals surface area contributed by atoms with Gasteiger partial charge in [-0.1, -0.05) is 26.0 Å². The molecule has 24 heavy (non-hydrogen) atoms. The van der Waals surface area contributed by atoms with Gasteiger partial charge in [-0.25, -0.2) is 14.4 Å². The van der Waals surface area contributed by atoms with E-state index >= 15 is 0 Å². The van der Waals surface area contributed by atoms with Crippen LogP contribution in [-0.2, 0) is 6.54 Å². The first-order valence-corrected chi connectivity index (χ1v) is 8.23. The summed E-state index contributed by atoms with van der Waals surface area (Å²) in [6.07, 6.45) is 4.93. The fourth-order valence-electron chi connectivity index (χ4n) is 2.35. The number of nitrogens with zero attached hydrogens (tertiary/aromatic N) is 3. The summed E-state index contributed by atoms with van der Waals surface area (Å²) in [5.74, 6) is 0.138. The average molecular weight is 330 g/mol. The van der Waals surface area contributed by atoms with Crippen molar-refractivity contribution in [3.05, 3.63) is 53.6 Å². The molecule has 0 saturated carbocycles. The van der Waals surface area contributed by atoms with Crippen LogP contribution in [0.3, 0.4) is 0 Å². The van der Waals surface area contributed by atoms with Crippen molar-refractivity contribution in [2.24, 2.45) is 0 Å². The zero-order chi connectivity index (χ0) is 17.4. The van der Waals surface area contributed by atoms with Crippen LogP contribution in [0.2, 0.25) is 0 Å². The fourth-order valence-corrected chi connectivity index (χ4v) is 2.35. The second kappa shape index (κ2) is 8.96. The standard InChI is InChI=1S/C18H23FN4O/c1-3-9-23(10-4-2)17(24)15-12-21-18(22-13-15)20-11-14-5-7-16(19)8-6-14/h5-8,12-13H,3-4,9-11H2,1-2H3,(H,20,21,22). The molecule has 0 spiro atoms. The molecule has 1 N–H and O–H groups in total. The van der Waals surface area contributed by atoms with Crippen LogP contribution < -0.4 is 5.32 Å². The van der Waals surface area contributed by atoms with Crippen LogP contribution in [0.5, 0.6) is 0 Å². The number of nitrogens with one attached hydrogen (secondary N) is 1. The van der Waals surface area contributed by atoms with Gasteiger partial charge in [0.05, 0.1) is 5.56 Å². The Labute approximate surface area is 141 Å². The molecule has 1 heterocycles. The minimum absolute atomic E-state index is 0.0382. The van der Waals surface area contributed by atoms with Crippen molar-refractivity contribution >= 4 is 11.9 Å².